The number of rotatable bonds is 4. The first-order chi connectivity index (χ1) is 24.8. The molecule has 0 saturated carbocycles. The molecule has 1 atom stereocenters. The van der Waals surface area contributed by atoms with Crippen LogP contribution >= 0.6 is 0 Å². The van der Waals surface area contributed by atoms with Crippen molar-refractivity contribution in [1.82, 2.24) is 15.0 Å². The van der Waals surface area contributed by atoms with E-state index in [1.165, 1.54) is 27.8 Å². The number of hydrogen-bond donors (Lipinski definition) is 0. The number of aromatic nitrogens is 3. The lowest BCUT2D eigenvalue weighted by Crippen LogP contribution is -2.42. The van der Waals surface area contributed by atoms with Crippen LogP contribution in [0.15, 0.2) is 176 Å². The van der Waals surface area contributed by atoms with Gasteiger partial charge in [-0.05, 0) is 69.3 Å². The lowest BCUT2D eigenvalue weighted by molar-refractivity contribution is 0.205. The predicted octanol–water partition coefficient (Wildman–Crippen LogP) is 10.5. The largest absolute Gasteiger partial charge is 0.485 e. The minimum Gasteiger partial charge on any atom is -0.485 e. The Balaban J connectivity index is 1.20. The average molecular weight is 642 g/mol. The summed E-state index contributed by atoms with van der Waals surface area (Å²) in [5.74, 6) is 1.58. The summed E-state index contributed by atoms with van der Waals surface area (Å²) in [7, 11) is 0. The summed E-state index contributed by atoms with van der Waals surface area (Å²) >= 11 is 0. The third-order valence-electron chi connectivity index (χ3n) is 10.3. The average Bonchev–Trinajstić information content (AvgIpc) is 3.49. The van der Waals surface area contributed by atoms with E-state index in [4.69, 9.17) is 14.7 Å². The first-order valence-electron chi connectivity index (χ1n) is 17.1. The molecule has 0 amide bonds. The van der Waals surface area contributed by atoms with Gasteiger partial charge in [0.2, 0.25) is 0 Å². The Bertz CT molecular complexity index is 2400. The highest BCUT2D eigenvalue weighted by Gasteiger charge is 2.53. The molecule has 0 radical (unpaired) electrons. The second kappa shape index (κ2) is 11.4. The minimum absolute atomic E-state index is 0.0380. The summed E-state index contributed by atoms with van der Waals surface area (Å²) in [6.45, 7) is 0. The number of pyridine rings is 1. The Morgan fingerprint density at radius 3 is 1.98 bits per heavy atom. The van der Waals surface area contributed by atoms with Crippen molar-refractivity contribution in [2.45, 2.75) is 17.9 Å². The Labute approximate surface area is 291 Å². The van der Waals surface area contributed by atoms with Gasteiger partial charge in [-0.3, -0.25) is 4.98 Å². The van der Waals surface area contributed by atoms with Gasteiger partial charge in [0.1, 0.15) is 11.9 Å². The molecule has 1 unspecified atom stereocenters. The first kappa shape index (κ1) is 28.6. The third kappa shape index (κ3) is 4.28. The fraction of sp³-hybridized carbons (Fsp3) is 0.0652. The molecule has 7 aromatic rings. The van der Waals surface area contributed by atoms with Gasteiger partial charge in [-0.15, -0.1) is 0 Å². The fourth-order valence-electron chi connectivity index (χ4n) is 8.22. The molecule has 0 bridgehead atoms. The van der Waals surface area contributed by atoms with Crippen LogP contribution in [0, 0.1) is 0 Å². The summed E-state index contributed by atoms with van der Waals surface area (Å²) in [4.78, 5) is 15.0. The van der Waals surface area contributed by atoms with Crippen molar-refractivity contribution in [3.05, 3.63) is 192 Å². The van der Waals surface area contributed by atoms with E-state index < -0.39 is 5.41 Å². The van der Waals surface area contributed by atoms with Crippen LogP contribution in [0.4, 0.5) is 0 Å². The molecule has 4 heteroatoms. The molecule has 0 fully saturated rings. The topological polar surface area (TPSA) is 47.9 Å². The van der Waals surface area contributed by atoms with Crippen LogP contribution < -0.4 is 4.74 Å². The lowest BCUT2D eigenvalue weighted by atomic mass is 9.63. The molecule has 0 N–H and O–H groups in total. The van der Waals surface area contributed by atoms with E-state index >= 15 is 0 Å². The molecule has 5 aromatic carbocycles. The molecule has 4 nitrogen and oxygen atoms in total. The van der Waals surface area contributed by atoms with Crippen molar-refractivity contribution in [3.63, 3.8) is 0 Å². The number of benzene rings is 5. The van der Waals surface area contributed by atoms with E-state index in [0.717, 1.165) is 57.1 Å². The van der Waals surface area contributed by atoms with Gasteiger partial charge in [-0.2, -0.15) is 0 Å². The molecule has 50 heavy (non-hydrogen) atoms. The maximum atomic E-state index is 6.84. The highest BCUT2D eigenvalue weighted by molar-refractivity contribution is 5.89. The Hall–Kier alpha value is -6.39. The quantitative estimate of drug-likeness (QED) is 0.192. The normalized spacial score (nSPS) is 16.1. The number of allylic oxidation sites excluding steroid dienone is 2. The molecule has 0 saturated heterocycles. The molecule has 10 rings (SSSR count). The fourth-order valence-corrected chi connectivity index (χ4v) is 8.22. The van der Waals surface area contributed by atoms with Crippen LogP contribution in [0.1, 0.15) is 23.1 Å². The van der Waals surface area contributed by atoms with Crippen LogP contribution in [0.5, 0.6) is 5.75 Å². The first-order valence-corrected chi connectivity index (χ1v) is 17.1. The molecule has 2 aromatic heterocycles. The van der Waals surface area contributed by atoms with E-state index in [0.29, 0.717) is 5.82 Å². The maximum absolute atomic E-state index is 6.84. The zero-order valence-corrected chi connectivity index (χ0v) is 27.2. The van der Waals surface area contributed by atoms with E-state index in [2.05, 4.69) is 126 Å². The monoisotopic (exact) mass is 641 g/mol. The Morgan fingerprint density at radius 1 is 0.540 bits per heavy atom. The summed E-state index contributed by atoms with van der Waals surface area (Å²) in [5.41, 5.74) is 13.7. The summed E-state index contributed by atoms with van der Waals surface area (Å²) in [5, 5.41) is 0. The molecule has 3 aliphatic rings. The summed E-state index contributed by atoms with van der Waals surface area (Å²) in [6.07, 6.45) is 9.31. The number of fused-ring (bicyclic) bond motifs is 9. The molecular formula is C46H31N3O. The molecule has 1 aliphatic heterocycles. The molecule has 236 valence electrons. The maximum Gasteiger partial charge on any atom is 0.161 e. The van der Waals surface area contributed by atoms with Crippen LogP contribution in [0.2, 0.25) is 0 Å². The molecule has 3 heterocycles. The van der Waals surface area contributed by atoms with E-state index in [1.54, 1.807) is 6.20 Å². The molecule has 1 spiro atoms. The Morgan fingerprint density at radius 2 is 1.22 bits per heavy atom. The number of ether oxygens (including phenoxy) is 1. The second-order valence-corrected chi connectivity index (χ2v) is 13.0. The van der Waals surface area contributed by atoms with Gasteiger partial charge in [-0.25, -0.2) is 9.97 Å². The third-order valence-corrected chi connectivity index (χ3v) is 10.3. The van der Waals surface area contributed by atoms with Crippen LogP contribution in [-0.2, 0) is 5.41 Å². The molecule has 2 aliphatic carbocycles. The van der Waals surface area contributed by atoms with Crippen molar-refractivity contribution in [1.29, 1.82) is 0 Å². The van der Waals surface area contributed by atoms with E-state index in [1.807, 2.05) is 42.5 Å². The standard InChI is InChI=1S/C46H31N3O/c1-2-14-30(15-3-1)41-29-42(40-23-12-13-27-47-40)49-45(48-41)35-19-5-4-16-32(35)31-25-26-44-39(28-31)46(38-22-10-11-24-43(38)50-44)36-20-8-6-17-33(36)34-18-7-9-21-37(34)46/h1-23,25-29,43H,24H2. The van der Waals surface area contributed by atoms with Gasteiger partial charge >= 0.3 is 0 Å². The van der Waals surface area contributed by atoms with E-state index in [9.17, 15) is 0 Å². The zero-order chi connectivity index (χ0) is 33.1. The zero-order valence-electron chi connectivity index (χ0n) is 27.2. The van der Waals surface area contributed by atoms with Crippen molar-refractivity contribution in [2.24, 2.45) is 0 Å². The Kier molecular flexibility index (Phi) is 6.50. The van der Waals surface area contributed by atoms with Crippen LogP contribution in [0.25, 0.3) is 56.3 Å². The van der Waals surface area contributed by atoms with Gasteiger partial charge in [0.25, 0.3) is 0 Å². The van der Waals surface area contributed by atoms with Crippen LogP contribution in [-0.4, -0.2) is 21.1 Å². The van der Waals surface area contributed by atoms with E-state index in [-0.39, 0.29) is 6.10 Å². The highest BCUT2D eigenvalue weighted by Crippen LogP contribution is 2.61. The highest BCUT2D eigenvalue weighted by atomic mass is 16.5. The van der Waals surface area contributed by atoms with Gasteiger partial charge in [-0.1, -0.05) is 133 Å². The van der Waals surface area contributed by atoms with Gasteiger partial charge in [0.05, 0.1) is 22.5 Å². The number of hydrogen-bond acceptors (Lipinski definition) is 4. The SMILES string of the molecule is C1=CCC2Oc3ccc(-c4ccccc4-c4nc(-c5ccccc5)cc(-c5ccccn5)n4)cc3C3(C2=C1)c1ccccc1-c1ccccc13. The van der Waals surface area contributed by atoms with Crippen molar-refractivity contribution < 1.29 is 4.74 Å². The molecular weight excluding hydrogens is 611 g/mol. The van der Waals surface area contributed by atoms with Gasteiger partial charge in [0.15, 0.2) is 5.82 Å². The van der Waals surface area contributed by atoms with Crippen molar-refractivity contribution >= 4 is 0 Å². The smallest absolute Gasteiger partial charge is 0.161 e. The second-order valence-electron chi connectivity index (χ2n) is 13.0. The van der Waals surface area contributed by atoms with Gasteiger partial charge in [0, 0.05) is 29.3 Å². The summed E-state index contributed by atoms with van der Waals surface area (Å²) in [6, 6.07) is 51.2. The van der Waals surface area contributed by atoms with Crippen molar-refractivity contribution in [2.75, 3.05) is 0 Å². The minimum atomic E-state index is -0.475. The van der Waals surface area contributed by atoms with Crippen LogP contribution in [0.3, 0.4) is 0 Å². The predicted molar refractivity (Wildman–Crippen MR) is 200 cm³/mol. The number of nitrogens with zero attached hydrogens (tertiary/aromatic N) is 3. The van der Waals surface area contributed by atoms with Crippen molar-refractivity contribution in [3.8, 4) is 62.0 Å². The lowest BCUT2D eigenvalue weighted by Gasteiger charge is -2.45. The summed E-state index contributed by atoms with van der Waals surface area (Å²) < 4.78 is 6.84. The van der Waals surface area contributed by atoms with Gasteiger partial charge < -0.3 is 4.74 Å².